The van der Waals surface area contributed by atoms with Gasteiger partial charge in [0.05, 0.1) is 37.6 Å². The first kappa shape index (κ1) is 63.4. The molecule has 10 aliphatic rings. The van der Waals surface area contributed by atoms with Gasteiger partial charge in [0.2, 0.25) is 5.78 Å². The molecule has 18 atom stereocenters. The van der Waals surface area contributed by atoms with Gasteiger partial charge in [-0.2, -0.15) is 0 Å². The summed E-state index contributed by atoms with van der Waals surface area (Å²) in [6.45, 7) is 16.4. The van der Waals surface area contributed by atoms with Crippen molar-refractivity contribution in [3.05, 3.63) is 47.6 Å². The summed E-state index contributed by atoms with van der Waals surface area (Å²) >= 11 is 4.93. The molecule has 10 rings (SSSR count). The van der Waals surface area contributed by atoms with Crippen LogP contribution in [0.2, 0.25) is 0 Å². The zero-order valence-electron chi connectivity index (χ0n) is 49.4. The molecule has 17 heteroatoms. The molecule has 0 aromatic carbocycles. The van der Waals surface area contributed by atoms with Gasteiger partial charge in [0, 0.05) is 45.1 Å². The molecule has 0 spiro atoms. The van der Waals surface area contributed by atoms with Crippen molar-refractivity contribution in [1.82, 2.24) is 0 Å². The number of hydrogen-bond donors (Lipinski definition) is 3. The largest absolute Gasteiger partial charge is 0.508 e. The minimum absolute atomic E-state index is 0.00395. The third kappa shape index (κ3) is 11.5. The monoisotopic (exact) mass is 1150 g/mol. The van der Waals surface area contributed by atoms with Crippen LogP contribution < -0.4 is 0 Å². The van der Waals surface area contributed by atoms with Crippen LogP contribution in [-0.4, -0.2) is 125 Å². The maximum Gasteiger partial charge on any atom is 0.508 e. The number of carbonyl (C=O) groups is 6. The SMILES string of the molecule is CCCC1O[C@@H]2CC3C4CCC5=CC(=O)C=C[C@]5(C)[C@H]4[C@@H](O)C[C@]3(C)[C@]2(C(=O)CO)O1.CCCCCCOC(=O)Cl.CCCCCCOC(=O)OCC(=O)[C@@]12OC(CCC)O[C@@H]1CC1C3CCC4=CC(=O)C=C[C@]4(C)[C@H]3[C@@H](O)C[C@@]12C. The number of ether oxygens (including phenoxy) is 7. The number of fused-ring (bicyclic) bond motifs is 14. The minimum atomic E-state index is -1.31. The Balaban J connectivity index is 0.000000186. The molecule has 16 nitrogen and oxygen atoms in total. The first-order valence-corrected chi connectivity index (χ1v) is 31.2. The van der Waals surface area contributed by atoms with Crippen molar-refractivity contribution in [3.8, 4) is 0 Å². The van der Waals surface area contributed by atoms with Crippen LogP contribution in [0.25, 0.3) is 0 Å². The van der Waals surface area contributed by atoms with Crippen molar-refractivity contribution < 1.29 is 77.2 Å². The summed E-state index contributed by atoms with van der Waals surface area (Å²) in [5.74, 6) is -0.141. The number of unbranched alkanes of at least 4 members (excludes halogenated alkanes) is 6. The highest BCUT2D eigenvalue weighted by molar-refractivity contribution is 6.61. The van der Waals surface area contributed by atoms with E-state index in [1.54, 1.807) is 24.3 Å². The van der Waals surface area contributed by atoms with E-state index in [4.69, 9.17) is 40.0 Å². The molecule has 3 N–H and O–H groups in total. The molecule has 8 aliphatic carbocycles. The fraction of sp³-hybridized carbons (Fsp3) is 0.781. The fourth-order valence-corrected chi connectivity index (χ4v) is 17.8. The fourth-order valence-electron chi connectivity index (χ4n) is 17.8. The first-order chi connectivity index (χ1) is 38.6. The second-order valence-corrected chi connectivity index (χ2v) is 26.2. The molecular weight excluding hydrogens is 1060 g/mol. The maximum atomic E-state index is 14.1. The second-order valence-electron chi connectivity index (χ2n) is 25.9. The van der Waals surface area contributed by atoms with E-state index in [0.717, 1.165) is 88.2 Å². The lowest BCUT2D eigenvalue weighted by atomic mass is 9.46. The lowest BCUT2D eigenvalue weighted by Gasteiger charge is -2.59. The highest BCUT2D eigenvalue weighted by Crippen LogP contribution is 2.72. The Morgan fingerprint density at radius 3 is 1.48 bits per heavy atom. The number of rotatable bonds is 19. The van der Waals surface area contributed by atoms with E-state index in [1.807, 2.05) is 19.1 Å². The van der Waals surface area contributed by atoms with E-state index < -0.39 is 89.2 Å². The number of carbonyl (C=O) groups excluding carboxylic acids is 6. The van der Waals surface area contributed by atoms with Gasteiger partial charge in [-0.25, -0.2) is 9.59 Å². The van der Waals surface area contributed by atoms with Gasteiger partial charge in [-0.05, 0) is 125 Å². The van der Waals surface area contributed by atoms with Crippen LogP contribution in [-0.2, 0) is 52.3 Å². The number of aliphatic hydroxyl groups excluding tert-OH is 3. The molecule has 8 fully saturated rings. The van der Waals surface area contributed by atoms with E-state index >= 15 is 0 Å². The molecule has 0 bridgehead atoms. The summed E-state index contributed by atoms with van der Waals surface area (Å²) in [7, 11) is 0. The Kier molecular flexibility index (Phi) is 20.3. The Morgan fingerprint density at radius 1 is 0.617 bits per heavy atom. The van der Waals surface area contributed by atoms with Gasteiger partial charge in [0.15, 0.2) is 47.7 Å². The lowest BCUT2D eigenvalue weighted by Crippen LogP contribution is -2.63. The Bertz CT molecular complexity index is 2450. The van der Waals surface area contributed by atoms with Gasteiger partial charge in [0.1, 0.15) is 6.61 Å². The van der Waals surface area contributed by atoms with Crippen LogP contribution in [0.3, 0.4) is 0 Å². The molecule has 452 valence electrons. The summed E-state index contributed by atoms with van der Waals surface area (Å²) < 4.78 is 40.7. The van der Waals surface area contributed by atoms with Crippen LogP contribution >= 0.6 is 11.6 Å². The van der Waals surface area contributed by atoms with Crippen LogP contribution in [0.4, 0.5) is 9.59 Å². The quantitative estimate of drug-likeness (QED) is 0.0621. The molecule has 0 amide bonds. The van der Waals surface area contributed by atoms with Gasteiger partial charge in [-0.1, -0.05) is 130 Å². The number of halogens is 1. The lowest BCUT2D eigenvalue weighted by molar-refractivity contribution is -0.200. The van der Waals surface area contributed by atoms with Gasteiger partial charge < -0.3 is 48.5 Å². The summed E-state index contributed by atoms with van der Waals surface area (Å²) in [5, 5.41) is 33.2. The van der Waals surface area contributed by atoms with E-state index in [9.17, 15) is 44.1 Å². The third-order valence-corrected chi connectivity index (χ3v) is 21.5. The van der Waals surface area contributed by atoms with E-state index in [1.165, 1.54) is 12.8 Å². The summed E-state index contributed by atoms with van der Waals surface area (Å²) in [6.07, 6.45) is 23.6. The van der Waals surface area contributed by atoms with Crippen molar-refractivity contribution >= 4 is 46.3 Å². The van der Waals surface area contributed by atoms with Crippen molar-refractivity contribution in [3.63, 3.8) is 0 Å². The zero-order chi connectivity index (χ0) is 58.7. The predicted octanol–water partition coefficient (Wildman–Crippen LogP) is 11.1. The molecule has 0 aromatic heterocycles. The summed E-state index contributed by atoms with van der Waals surface area (Å²) in [5.41, 5.74) is -3.06. The molecule has 2 saturated heterocycles. The number of hydrogen-bond acceptors (Lipinski definition) is 16. The molecule has 6 saturated carbocycles. The molecule has 2 aliphatic heterocycles. The predicted molar refractivity (Wildman–Crippen MR) is 301 cm³/mol. The third-order valence-electron chi connectivity index (χ3n) is 21.4. The number of allylic oxidation sites excluding steroid dienone is 8. The topological polar surface area (TPSA) is 228 Å². The number of Topliss-reactive ketones (excluding diaryl/α,β-unsaturated/α-hetero) is 2. The number of aliphatic hydroxyl groups is 3. The average molecular weight is 1150 g/mol. The molecule has 0 radical (unpaired) electrons. The van der Waals surface area contributed by atoms with E-state index in [0.29, 0.717) is 45.1 Å². The molecule has 81 heavy (non-hydrogen) atoms. The molecular formula is C64H93ClO16. The van der Waals surface area contributed by atoms with Crippen LogP contribution in [0.1, 0.15) is 184 Å². The maximum absolute atomic E-state index is 14.1. The van der Waals surface area contributed by atoms with Gasteiger partial charge in [0.25, 0.3) is 0 Å². The highest BCUT2D eigenvalue weighted by atomic mass is 35.5. The van der Waals surface area contributed by atoms with Crippen LogP contribution in [0.5, 0.6) is 0 Å². The standard InChI is InChI=1S/C32H46O8.C25H34O6.C7H13ClO2/c1-5-7-8-9-15-37-29(36)38-19-25(35)32-26(39-27(40-32)10-6-2)17-23-22-12-11-20-16-21(33)13-14-30(20,3)28(22)24(34)18-31(23,32)4;1-4-5-21-30-20-11-17-16-7-6-14-10-15(27)8-9-23(14,2)22(16)18(28)12-24(17,3)25(20,31-21)19(29)13-26;1-2-3-4-5-6-10-7(8)9/h13-14,16,22-24,26-28,34H,5-12,15,17-19H2,1-4H3;8-10,16-18,20-22,26,28H,4-7,11-13H2,1-3H3;2-6H2,1H3/t22?,23?,24-,26+,27?,28+,30-,31-,32+;16?,17?,18-,20+,21?,22+,23-,24-,25+;/m00./s1. The summed E-state index contributed by atoms with van der Waals surface area (Å²) in [4.78, 5) is 73.8. The van der Waals surface area contributed by atoms with Crippen molar-refractivity contribution in [2.75, 3.05) is 26.4 Å². The second kappa shape index (κ2) is 25.9. The van der Waals surface area contributed by atoms with Gasteiger partial charge >= 0.3 is 11.6 Å². The van der Waals surface area contributed by atoms with E-state index in [2.05, 4.69) is 53.2 Å². The Morgan fingerprint density at radius 2 is 1.06 bits per heavy atom. The van der Waals surface area contributed by atoms with Gasteiger partial charge in [-0.3, -0.25) is 19.2 Å². The number of ketones is 4. The van der Waals surface area contributed by atoms with E-state index in [-0.39, 0.29) is 70.7 Å². The molecule has 0 aromatic rings. The van der Waals surface area contributed by atoms with Crippen molar-refractivity contribution in [2.24, 2.45) is 57.2 Å². The Hall–Kier alpha value is -3.61. The van der Waals surface area contributed by atoms with Crippen molar-refractivity contribution in [1.29, 1.82) is 0 Å². The first-order valence-electron chi connectivity index (χ1n) is 30.8. The van der Waals surface area contributed by atoms with Crippen molar-refractivity contribution in [2.45, 2.75) is 232 Å². The molecule has 2 heterocycles. The highest BCUT2D eigenvalue weighted by Gasteiger charge is 2.77. The smallest absolute Gasteiger partial charge is 0.454 e. The normalized spacial score (nSPS) is 40.9. The van der Waals surface area contributed by atoms with Crippen LogP contribution in [0.15, 0.2) is 47.6 Å². The Labute approximate surface area is 484 Å². The zero-order valence-corrected chi connectivity index (χ0v) is 50.1. The van der Waals surface area contributed by atoms with Gasteiger partial charge in [-0.15, -0.1) is 0 Å². The molecule has 6 unspecified atom stereocenters. The van der Waals surface area contributed by atoms with Crippen LogP contribution in [0, 0.1) is 57.2 Å². The summed E-state index contributed by atoms with van der Waals surface area (Å²) in [6, 6.07) is 0. The average Bonchev–Trinajstić information content (AvgIpc) is 3.92. The minimum Gasteiger partial charge on any atom is -0.454 e.